The molecule has 0 saturated carbocycles. The summed E-state index contributed by atoms with van der Waals surface area (Å²) in [7, 11) is 1.76. The van der Waals surface area contributed by atoms with E-state index in [4.69, 9.17) is 4.84 Å². The number of rotatable bonds is 3. The lowest BCUT2D eigenvalue weighted by Gasteiger charge is -2.04. The zero-order valence-electron chi connectivity index (χ0n) is 7.85. The van der Waals surface area contributed by atoms with Gasteiger partial charge in [-0.15, -0.1) is 0 Å². The standard InChI is InChI=1S/C10H15NO/c1-8-4-5-10(6-9(8)2)7-12-11-3/h4-6,11H,7H2,1-3H3. The van der Waals surface area contributed by atoms with Crippen LogP contribution in [0.2, 0.25) is 0 Å². The lowest BCUT2D eigenvalue weighted by Crippen LogP contribution is -2.06. The number of hydrogen-bond acceptors (Lipinski definition) is 2. The van der Waals surface area contributed by atoms with E-state index >= 15 is 0 Å². The second-order valence-corrected chi connectivity index (χ2v) is 2.91. The molecule has 0 aliphatic carbocycles. The summed E-state index contributed by atoms with van der Waals surface area (Å²) < 4.78 is 0. The van der Waals surface area contributed by atoms with E-state index in [9.17, 15) is 0 Å². The van der Waals surface area contributed by atoms with Gasteiger partial charge in [-0.1, -0.05) is 18.2 Å². The van der Waals surface area contributed by atoms with Crippen molar-refractivity contribution in [3.8, 4) is 0 Å². The molecule has 0 spiro atoms. The Kier molecular flexibility index (Phi) is 3.26. The molecule has 0 saturated heterocycles. The molecule has 1 aromatic rings. The molecule has 1 aromatic carbocycles. The number of aryl methyl sites for hydroxylation is 2. The van der Waals surface area contributed by atoms with Crippen molar-refractivity contribution in [3.05, 3.63) is 34.9 Å². The van der Waals surface area contributed by atoms with Gasteiger partial charge in [-0.05, 0) is 30.5 Å². The van der Waals surface area contributed by atoms with Crippen LogP contribution in [0.4, 0.5) is 0 Å². The number of benzene rings is 1. The van der Waals surface area contributed by atoms with Crippen LogP contribution in [0.3, 0.4) is 0 Å². The van der Waals surface area contributed by atoms with E-state index in [1.165, 1.54) is 16.7 Å². The third kappa shape index (κ3) is 2.32. The van der Waals surface area contributed by atoms with Crippen molar-refractivity contribution < 1.29 is 4.84 Å². The lowest BCUT2D eigenvalue weighted by atomic mass is 10.1. The zero-order chi connectivity index (χ0) is 8.97. The molecule has 0 aliphatic rings. The van der Waals surface area contributed by atoms with Crippen molar-refractivity contribution in [2.45, 2.75) is 20.5 Å². The van der Waals surface area contributed by atoms with Gasteiger partial charge in [0.25, 0.3) is 0 Å². The summed E-state index contributed by atoms with van der Waals surface area (Å²) >= 11 is 0. The van der Waals surface area contributed by atoms with Crippen LogP contribution in [0.15, 0.2) is 18.2 Å². The molecule has 0 fully saturated rings. The molecule has 0 bridgehead atoms. The van der Waals surface area contributed by atoms with Gasteiger partial charge in [0.15, 0.2) is 0 Å². The molecule has 0 aromatic heterocycles. The van der Waals surface area contributed by atoms with Crippen LogP contribution in [0.25, 0.3) is 0 Å². The lowest BCUT2D eigenvalue weighted by molar-refractivity contribution is 0.0444. The Labute approximate surface area is 73.5 Å². The first-order valence-electron chi connectivity index (χ1n) is 4.08. The third-order valence-electron chi connectivity index (χ3n) is 1.95. The maximum atomic E-state index is 5.06. The Bertz CT molecular complexity index is 258. The van der Waals surface area contributed by atoms with Gasteiger partial charge in [0.1, 0.15) is 0 Å². The monoisotopic (exact) mass is 165 g/mol. The SMILES string of the molecule is CNOCc1ccc(C)c(C)c1. The van der Waals surface area contributed by atoms with Crippen LogP contribution in [-0.4, -0.2) is 7.05 Å². The molecule has 12 heavy (non-hydrogen) atoms. The van der Waals surface area contributed by atoms with E-state index in [1.807, 2.05) is 0 Å². The first-order chi connectivity index (χ1) is 5.74. The molecule has 0 aliphatic heterocycles. The number of hydrogen-bond donors (Lipinski definition) is 1. The fourth-order valence-electron chi connectivity index (χ4n) is 1.05. The Morgan fingerprint density at radius 1 is 1.25 bits per heavy atom. The van der Waals surface area contributed by atoms with Crippen LogP contribution in [0, 0.1) is 13.8 Å². The minimum atomic E-state index is 0.623. The normalized spacial score (nSPS) is 10.2. The highest BCUT2D eigenvalue weighted by Crippen LogP contribution is 2.09. The summed E-state index contributed by atoms with van der Waals surface area (Å²) in [5.41, 5.74) is 6.49. The van der Waals surface area contributed by atoms with Gasteiger partial charge in [0.2, 0.25) is 0 Å². The van der Waals surface area contributed by atoms with Crippen molar-refractivity contribution in [1.29, 1.82) is 0 Å². The Morgan fingerprint density at radius 3 is 2.58 bits per heavy atom. The minimum absolute atomic E-state index is 0.623. The van der Waals surface area contributed by atoms with Crippen LogP contribution in [0.5, 0.6) is 0 Å². The first kappa shape index (κ1) is 9.23. The smallest absolute Gasteiger partial charge is 0.0932 e. The Morgan fingerprint density at radius 2 is 2.00 bits per heavy atom. The molecule has 0 amide bonds. The Balaban J connectivity index is 2.69. The summed E-state index contributed by atoms with van der Waals surface area (Å²) in [6, 6.07) is 6.34. The molecule has 1 N–H and O–H groups in total. The summed E-state index contributed by atoms with van der Waals surface area (Å²) in [4.78, 5) is 5.06. The van der Waals surface area contributed by atoms with Crippen LogP contribution in [0.1, 0.15) is 16.7 Å². The predicted octanol–water partition coefficient (Wildman–Crippen LogP) is 1.95. The Hall–Kier alpha value is -0.860. The average molecular weight is 165 g/mol. The predicted molar refractivity (Wildman–Crippen MR) is 49.8 cm³/mol. The molecule has 0 atom stereocenters. The van der Waals surface area contributed by atoms with Gasteiger partial charge in [-0.25, -0.2) is 5.48 Å². The van der Waals surface area contributed by atoms with Crippen LogP contribution < -0.4 is 5.48 Å². The molecule has 0 radical (unpaired) electrons. The van der Waals surface area contributed by atoms with Gasteiger partial charge < -0.3 is 0 Å². The average Bonchev–Trinajstić information content (AvgIpc) is 2.07. The van der Waals surface area contributed by atoms with E-state index in [0.29, 0.717) is 6.61 Å². The second kappa shape index (κ2) is 4.24. The molecule has 2 nitrogen and oxygen atoms in total. The van der Waals surface area contributed by atoms with E-state index in [2.05, 4.69) is 37.5 Å². The highest BCUT2D eigenvalue weighted by atomic mass is 16.6. The third-order valence-corrected chi connectivity index (χ3v) is 1.95. The van der Waals surface area contributed by atoms with E-state index in [0.717, 1.165) is 0 Å². The zero-order valence-corrected chi connectivity index (χ0v) is 7.85. The number of hydroxylamine groups is 1. The molecular weight excluding hydrogens is 150 g/mol. The highest BCUT2D eigenvalue weighted by Gasteiger charge is 1.95. The molecule has 1 rings (SSSR count). The van der Waals surface area contributed by atoms with Gasteiger partial charge >= 0.3 is 0 Å². The summed E-state index contributed by atoms with van der Waals surface area (Å²) in [5.74, 6) is 0. The van der Waals surface area contributed by atoms with E-state index < -0.39 is 0 Å². The topological polar surface area (TPSA) is 21.3 Å². The molecule has 66 valence electrons. The minimum Gasteiger partial charge on any atom is -0.297 e. The summed E-state index contributed by atoms with van der Waals surface area (Å²) in [6.45, 7) is 4.84. The van der Waals surface area contributed by atoms with Crippen LogP contribution in [-0.2, 0) is 11.4 Å². The first-order valence-corrected chi connectivity index (χ1v) is 4.08. The second-order valence-electron chi connectivity index (χ2n) is 2.91. The maximum absolute atomic E-state index is 5.06. The molecule has 0 unspecified atom stereocenters. The van der Waals surface area contributed by atoms with Gasteiger partial charge in [0.05, 0.1) is 6.61 Å². The fourth-order valence-corrected chi connectivity index (χ4v) is 1.05. The highest BCUT2D eigenvalue weighted by molar-refractivity contribution is 5.29. The van der Waals surface area contributed by atoms with Crippen molar-refractivity contribution >= 4 is 0 Å². The summed E-state index contributed by atoms with van der Waals surface area (Å²) in [6.07, 6.45) is 0. The van der Waals surface area contributed by atoms with Crippen molar-refractivity contribution in [1.82, 2.24) is 5.48 Å². The quantitative estimate of drug-likeness (QED) is 0.691. The van der Waals surface area contributed by atoms with Gasteiger partial charge in [0, 0.05) is 7.05 Å². The van der Waals surface area contributed by atoms with Crippen molar-refractivity contribution in [3.63, 3.8) is 0 Å². The van der Waals surface area contributed by atoms with Crippen LogP contribution >= 0.6 is 0 Å². The van der Waals surface area contributed by atoms with Gasteiger partial charge in [-0.2, -0.15) is 0 Å². The molecule has 0 heterocycles. The molecule has 2 heteroatoms. The van der Waals surface area contributed by atoms with Crippen molar-refractivity contribution in [2.24, 2.45) is 0 Å². The largest absolute Gasteiger partial charge is 0.297 e. The number of nitrogens with one attached hydrogen (secondary N) is 1. The fraction of sp³-hybridized carbons (Fsp3) is 0.400. The molecular formula is C10H15NO. The maximum Gasteiger partial charge on any atom is 0.0932 e. The summed E-state index contributed by atoms with van der Waals surface area (Å²) in [5, 5.41) is 0. The van der Waals surface area contributed by atoms with E-state index in [-0.39, 0.29) is 0 Å². The van der Waals surface area contributed by atoms with Gasteiger partial charge in [-0.3, -0.25) is 4.84 Å². The van der Waals surface area contributed by atoms with Crippen molar-refractivity contribution in [2.75, 3.05) is 7.05 Å². The van der Waals surface area contributed by atoms with E-state index in [1.54, 1.807) is 7.05 Å².